The number of anilines is 1. The number of nitrogens with zero attached hydrogens (tertiary/aromatic N) is 1. The largest absolute Gasteiger partial charge is 0.368 e. The van der Waals surface area contributed by atoms with Crippen LogP contribution >= 0.6 is 11.6 Å². The van der Waals surface area contributed by atoms with Gasteiger partial charge in [0.05, 0.1) is 16.8 Å². The molecule has 2 nitrogen and oxygen atoms in total. The average Bonchev–Trinajstić information content (AvgIpc) is 2.41. The van der Waals surface area contributed by atoms with Crippen LogP contribution in [0.5, 0.6) is 0 Å². The third-order valence-electron chi connectivity index (χ3n) is 2.64. The predicted molar refractivity (Wildman–Crippen MR) is 74.6 cm³/mol. The molecule has 1 unspecified atom stereocenters. The van der Waals surface area contributed by atoms with E-state index in [1.807, 2.05) is 48.5 Å². The van der Waals surface area contributed by atoms with Crippen LogP contribution in [0.2, 0.25) is 5.02 Å². The van der Waals surface area contributed by atoms with Gasteiger partial charge in [-0.05, 0) is 17.7 Å². The minimum absolute atomic E-state index is 0.285. The molecule has 18 heavy (non-hydrogen) atoms. The summed E-state index contributed by atoms with van der Waals surface area (Å²) >= 11 is 6.06. The van der Waals surface area contributed by atoms with Crippen LogP contribution in [0, 0.1) is 11.3 Å². The van der Waals surface area contributed by atoms with Crippen molar-refractivity contribution in [2.45, 2.75) is 12.5 Å². The number of para-hydroxylation sites is 1. The van der Waals surface area contributed by atoms with Gasteiger partial charge >= 0.3 is 0 Å². The van der Waals surface area contributed by atoms with Gasteiger partial charge in [0.2, 0.25) is 0 Å². The molecule has 1 N–H and O–H groups in total. The van der Waals surface area contributed by atoms with Crippen molar-refractivity contribution in [3.05, 3.63) is 65.2 Å². The molecule has 0 saturated carbocycles. The predicted octanol–water partition coefficient (Wildman–Crippen LogP) is 3.89. The summed E-state index contributed by atoms with van der Waals surface area (Å²) in [6.07, 6.45) is 0.655. The minimum Gasteiger partial charge on any atom is -0.368 e. The molecule has 1 atom stereocenters. The zero-order valence-electron chi connectivity index (χ0n) is 9.81. The smallest absolute Gasteiger partial charge is 0.118 e. The van der Waals surface area contributed by atoms with Gasteiger partial charge in [-0.3, -0.25) is 0 Å². The summed E-state index contributed by atoms with van der Waals surface area (Å²) in [5.74, 6) is 0. The summed E-state index contributed by atoms with van der Waals surface area (Å²) in [4.78, 5) is 0. The van der Waals surface area contributed by atoms with Crippen molar-refractivity contribution in [3.63, 3.8) is 0 Å². The number of nitriles is 1. The van der Waals surface area contributed by atoms with E-state index in [9.17, 15) is 5.26 Å². The van der Waals surface area contributed by atoms with Gasteiger partial charge in [0.1, 0.15) is 6.04 Å². The maximum absolute atomic E-state index is 9.18. The van der Waals surface area contributed by atoms with Crippen LogP contribution in [0.15, 0.2) is 54.6 Å². The standard InChI is InChI=1S/C15H13ClN2/c16-14-8-4-5-9-15(14)18-13(11-17)10-12-6-2-1-3-7-12/h1-9,13,18H,10H2. The summed E-state index contributed by atoms with van der Waals surface area (Å²) < 4.78 is 0. The molecule has 0 aromatic heterocycles. The first-order valence-corrected chi connectivity index (χ1v) is 6.12. The van der Waals surface area contributed by atoms with Crippen LogP contribution in [-0.4, -0.2) is 6.04 Å². The highest BCUT2D eigenvalue weighted by Gasteiger charge is 2.09. The fourth-order valence-electron chi connectivity index (χ4n) is 1.74. The van der Waals surface area contributed by atoms with Gasteiger partial charge in [-0.1, -0.05) is 54.1 Å². The van der Waals surface area contributed by atoms with Gasteiger partial charge in [0.25, 0.3) is 0 Å². The number of benzene rings is 2. The molecule has 0 aliphatic rings. The third-order valence-corrected chi connectivity index (χ3v) is 2.97. The lowest BCUT2D eigenvalue weighted by Gasteiger charge is -2.14. The van der Waals surface area contributed by atoms with Gasteiger partial charge < -0.3 is 5.32 Å². The van der Waals surface area contributed by atoms with Crippen LogP contribution in [0.4, 0.5) is 5.69 Å². The lowest BCUT2D eigenvalue weighted by atomic mass is 10.1. The van der Waals surface area contributed by atoms with Crippen molar-refractivity contribution in [2.75, 3.05) is 5.32 Å². The molecule has 0 heterocycles. The molecule has 0 aliphatic carbocycles. The molecule has 3 heteroatoms. The number of hydrogen-bond donors (Lipinski definition) is 1. The number of halogens is 1. The van der Waals surface area contributed by atoms with Crippen molar-refractivity contribution in [1.82, 2.24) is 0 Å². The van der Waals surface area contributed by atoms with Crippen molar-refractivity contribution in [3.8, 4) is 6.07 Å². The second kappa shape index (κ2) is 6.09. The Labute approximate surface area is 112 Å². The fraction of sp³-hybridized carbons (Fsp3) is 0.133. The first-order chi connectivity index (χ1) is 8.79. The zero-order chi connectivity index (χ0) is 12.8. The van der Waals surface area contributed by atoms with E-state index in [4.69, 9.17) is 11.6 Å². The Bertz CT molecular complexity index is 546. The van der Waals surface area contributed by atoms with Crippen molar-refractivity contribution >= 4 is 17.3 Å². The van der Waals surface area contributed by atoms with Crippen LogP contribution in [0.25, 0.3) is 0 Å². The molecule has 2 aromatic carbocycles. The Kier molecular flexibility index (Phi) is 4.22. The highest BCUT2D eigenvalue weighted by Crippen LogP contribution is 2.21. The fourth-order valence-corrected chi connectivity index (χ4v) is 1.94. The van der Waals surface area contributed by atoms with Crippen molar-refractivity contribution in [1.29, 1.82) is 5.26 Å². The van der Waals surface area contributed by atoms with E-state index in [1.165, 1.54) is 0 Å². The molecule has 0 fully saturated rings. The minimum atomic E-state index is -0.285. The van der Waals surface area contributed by atoms with E-state index in [0.29, 0.717) is 11.4 Å². The normalized spacial score (nSPS) is 11.6. The molecule has 2 aromatic rings. The molecular formula is C15H13ClN2. The summed E-state index contributed by atoms with van der Waals surface area (Å²) in [5, 5.41) is 13.0. The van der Waals surface area contributed by atoms with Gasteiger partial charge in [-0.2, -0.15) is 5.26 Å². The van der Waals surface area contributed by atoms with Gasteiger partial charge in [-0.25, -0.2) is 0 Å². The lowest BCUT2D eigenvalue weighted by Crippen LogP contribution is -2.20. The van der Waals surface area contributed by atoms with E-state index in [0.717, 1.165) is 11.3 Å². The molecule has 2 rings (SSSR count). The highest BCUT2D eigenvalue weighted by atomic mass is 35.5. The zero-order valence-corrected chi connectivity index (χ0v) is 10.6. The average molecular weight is 257 g/mol. The summed E-state index contributed by atoms with van der Waals surface area (Å²) in [5.41, 5.74) is 1.92. The van der Waals surface area contributed by atoms with E-state index in [-0.39, 0.29) is 6.04 Å². The number of nitrogens with one attached hydrogen (secondary N) is 1. The second-order valence-electron chi connectivity index (χ2n) is 4.00. The Morgan fingerprint density at radius 2 is 1.72 bits per heavy atom. The molecular weight excluding hydrogens is 244 g/mol. The van der Waals surface area contributed by atoms with E-state index >= 15 is 0 Å². The van der Waals surface area contributed by atoms with Crippen LogP contribution in [0.3, 0.4) is 0 Å². The quantitative estimate of drug-likeness (QED) is 0.901. The van der Waals surface area contributed by atoms with Crippen molar-refractivity contribution in [2.24, 2.45) is 0 Å². The highest BCUT2D eigenvalue weighted by molar-refractivity contribution is 6.33. The maximum Gasteiger partial charge on any atom is 0.118 e. The summed E-state index contributed by atoms with van der Waals surface area (Å²) in [6, 6.07) is 19.3. The molecule has 0 saturated heterocycles. The maximum atomic E-state index is 9.18. The number of rotatable bonds is 4. The van der Waals surface area contributed by atoms with E-state index < -0.39 is 0 Å². The van der Waals surface area contributed by atoms with E-state index in [2.05, 4.69) is 11.4 Å². The Balaban J connectivity index is 2.07. The van der Waals surface area contributed by atoms with Crippen LogP contribution in [-0.2, 0) is 6.42 Å². The Morgan fingerprint density at radius 3 is 2.39 bits per heavy atom. The van der Waals surface area contributed by atoms with Gasteiger partial charge in [-0.15, -0.1) is 0 Å². The summed E-state index contributed by atoms with van der Waals surface area (Å²) in [7, 11) is 0. The third kappa shape index (κ3) is 3.26. The molecule has 0 aliphatic heterocycles. The lowest BCUT2D eigenvalue weighted by molar-refractivity contribution is 0.877. The Hall–Kier alpha value is -1.98. The van der Waals surface area contributed by atoms with Crippen molar-refractivity contribution < 1.29 is 0 Å². The van der Waals surface area contributed by atoms with Gasteiger partial charge in [0, 0.05) is 6.42 Å². The SMILES string of the molecule is N#CC(Cc1ccccc1)Nc1ccccc1Cl. The molecule has 0 amide bonds. The Morgan fingerprint density at radius 1 is 1.06 bits per heavy atom. The molecule has 0 radical (unpaired) electrons. The molecule has 90 valence electrons. The molecule has 0 spiro atoms. The monoisotopic (exact) mass is 256 g/mol. The first kappa shape index (κ1) is 12.5. The van der Waals surface area contributed by atoms with Crippen LogP contribution < -0.4 is 5.32 Å². The van der Waals surface area contributed by atoms with E-state index in [1.54, 1.807) is 6.07 Å². The first-order valence-electron chi connectivity index (χ1n) is 5.74. The number of hydrogen-bond acceptors (Lipinski definition) is 2. The summed E-state index contributed by atoms with van der Waals surface area (Å²) in [6.45, 7) is 0. The second-order valence-corrected chi connectivity index (χ2v) is 4.40. The molecule has 0 bridgehead atoms. The van der Waals surface area contributed by atoms with Gasteiger partial charge in [0.15, 0.2) is 0 Å². The van der Waals surface area contributed by atoms with Crippen LogP contribution in [0.1, 0.15) is 5.56 Å². The topological polar surface area (TPSA) is 35.8 Å².